The Bertz CT molecular complexity index is 1090. The predicted molar refractivity (Wildman–Crippen MR) is 103 cm³/mol. The second-order valence-electron chi connectivity index (χ2n) is 6.21. The van der Waals surface area contributed by atoms with Gasteiger partial charge in [0.15, 0.2) is 0 Å². The van der Waals surface area contributed by atoms with E-state index in [1.807, 2.05) is 0 Å². The number of unbranched alkanes of at least 4 members (excludes halogenated alkanes) is 1. The van der Waals surface area contributed by atoms with Gasteiger partial charge < -0.3 is 9.30 Å². The van der Waals surface area contributed by atoms with Crippen LogP contribution in [-0.2, 0) is 21.3 Å². The molecule has 0 radical (unpaired) electrons. The summed E-state index contributed by atoms with van der Waals surface area (Å²) in [4.78, 5) is 16.3. The van der Waals surface area contributed by atoms with Gasteiger partial charge in [0, 0.05) is 12.1 Å². The lowest BCUT2D eigenvalue weighted by Crippen LogP contribution is -2.11. The molecule has 2 aromatic carbocycles. The molecule has 8 heteroatoms. The van der Waals surface area contributed by atoms with E-state index in [4.69, 9.17) is 9.88 Å². The maximum Gasteiger partial charge on any atom is 0.337 e. The number of nitrogens with zero attached hydrogens (tertiary/aromatic N) is 2. The number of primary sulfonamides is 1. The van der Waals surface area contributed by atoms with Crippen LogP contribution in [0.15, 0.2) is 47.4 Å². The smallest absolute Gasteiger partial charge is 0.337 e. The maximum atomic E-state index is 11.6. The summed E-state index contributed by atoms with van der Waals surface area (Å²) in [6.07, 6.45) is 1.96. The normalized spacial score (nSPS) is 11.7. The molecule has 0 aliphatic carbocycles. The van der Waals surface area contributed by atoms with Crippen molar-refractivity contribution in [2.24, 2.45) is 5.14 Å². The summed E-state index contributed by atoms with van der Waals surface area (Å²) >= 11 is 0. The Morgan fingerprint density at radius 1 is 1.19 bits per heavy atom. The number of benzene rings is 2. The van der Waals surface area contributed by atoms with Crippen LogP contribution in [0.4, 0.5) is 0 Å². The molecular weight excluding hydrogens is 366 g/mol. The molecule has 0 saturated carbocycles. The van der Waals surface area contributed by atoms with Gasteiger partial charge in [-0.2, -0.15) is 0 Å². The van der Waals surface area contributed by atoms with Crippen molar-refractivity contribution in [1.82, 2.24) is 9.55 Å². The molecule has 0 fully saturated rings. The Kier molecular flexibility index (Phi) is 5.29. The lowest BCUT2D eigenvalue weighted by atomic mass is 10.1. The van der Waals surface area contributed by atoms with Crippen molar-refractivity contribution < 1.29 is 17.9 Å². The molecule has 0 amide bonds. The molecule has 0 aliphatic rings. The van der Waals surface area contributed by atoms with Gasteiger partial charge in [0.25, 0.3) is 0 Å². The van der Waals surface area contributed by atoms with Crippen molar-refractivity contribution in [3.8, 4) is 11.4 Å². The van der Waals surface area contributed by atoms with Gasteiger partial charge in [-0.25, -0.2) is 23.3 Å². The summed E-state index contributed by atoms with van der Waals surface area (Å²) in [5.74, 6) is 0.306. The summed E-state index contributed by atoms with van der Waals surface area (Å²) in [5, 5.41) is 5.24. The van der Waals surface area contributed by atoms with E-state index in [-0.39, 0.29) is 4.90 Å². The van der Waals surface area contributed by atoms with E-state index in [0.717, 1.165) is 30.5 Å². The number of ether oxygens (including phenoxy) is 1. The number of imidazole rings is 1. The fourth-order valence-corrected chi connectivity index (χ4v) is 3.46. The summed E-state index contributed by atoms with van der Waals surface area (Å²) in [6.45, 7) is 2.85. The Labute approximate surface area is 157 Å². The minimum Gasteiger partial charge on any atom is -0.465 e. The molecule has 3 aromatic rings. The molecule has 1 aromatic heterocycles. The highest BCUT2D eigenvalue weighted by Gasteiger charge is 2.16. The molecule has 0 bridgehead atoms. The zero-order chi connectivity index (χ0) is 19.6. The maximum absolute atomic E-state index is 11.6. The Balaban J connectivity index is 2.13. The van der Waals surface area contributed by atoms with Gasteiger partial charge in [0.1, 0.15) is 5.82 Å². The number of esters is 1. The molecule has 2 N–H and O–H groups in total. The van der Waals surface area contributed by atoms with Gasteiger partial charge in [-0.05, 0) is 36.8 Å². The molecule has 0 aliphatic heterocycles. The number of sulfonamides is 1. The zero-order valence-electron chi connectivity index (χ0n) is 15.2. The van der Waals surface area contributed by atoms with Gasteiger partial charge in [-0.3, -0.25) is 0 Å². The molecule has 142 valence electrons. The highest BCUT2D eigenvalue weighted by atomic mass is 32.2. The number of aryl methyl sites for hydroxylation is 1. The van der Waals surface area contributed by atoms with E-state index >= 15 is 0 Å². The lowest BCUT2D eigenvalue weighted by Gasteiger charge is -2.09. The Morgan fingerprint density at radius 2 is 1.89 bits per heavy atom. The lowest BCUT2D eigenvalue weighted by molar-refractivity contribution is 0.0600. The van der Waals surface area contributed by atoms with Gasteiger partial charge in [0.05, 0.1) is 28.6 Å². The van der Waals surface area contributed by atoms with Crippen LogP contribution in [-0.4, -0.2) is 31.0 Å². The predicted octanol–water partition coefficient (Wildman–Crippen LogP) is 2.94. The molecule has 1 heterocycles. The van der Waals surface area contributed by atoms with E-state index in [0.29, 0.717) is 16.9 Å². The molecule has 7 nitrogen and oxygen atoms in total. The average Bonchev–Trinajstić information content (AvgIpc) is 3.02. The van der Waals surface area contributed by atoms with Crippen molar-refractivity contribution >= 4 is 27.0 Å². The van der Waals surface area contributed by atoms with Gasteiger partial charge in [-0.15, -0.1) is 0 Å². The van der Waals surface area contributed by atoms with Gasteiger partial charge in [0.2, 0.25) is 10.0 Å². The quantitative estimate of drug-likeness (QED) is 0.655. The topological polar surface area (TPSA) is 104 Å². The first-order chi connectivity index (χ1) is 12.8. The molecule has 27 heavy (non-hydrogen) atoms. The van der Waals surface area contributed by atoms with Gasteiger partial charge >= 0.3 is 5.97 Å². The van der Waals surface area contributed by atoms with E-state index in [1.54, 1.807) is 30.3 Å². The van der Waals surface area contributed by atoms with Crippen LogP contribution in [0.5, 0.6) is 0 Å². The van der Waals surface area contributed by atoms with Crippen LogP contribution < -0.4 is 5.14 Å². The molecule has 3 rings (SSSR count). The van der Waals surface area contributed by atoms with Gasteiger partial charge in [-0.1, -0.05) is 25.5 Å². The van der Waals surface area contributed by atoms with Crippen LogP contribution in [0.1, 0.15) is 30.1 Å². The summed E-state index contributed by atoms with van der Waals surface area (Å²) in [7, 11) is -2.46. The zero-order valence-corrected chi connectivity index (χ0v) is 16.0. The van der Waals surface area contributed by atoms with Crippen molar-refractivity contribution in [1.29, 1.82) is 0 Å². The second kappa shape index (κ2) is 7.50. The van der Waals surface area contributed by atoms with Crippen LogP contribution >= 0.6 is 0 Å². The third-order valence-electron chi connectivity index (χ3n) is 4.35. The number of fused-ring (bicyclic) bond motifs is 1. The first-order valence-electron chi connectivity index (χ1n) is 8.57. The average molecular weight is 387 g/mol. The number of hydrogen-bond acceptors (Lipinski definition) is 5. The first-order valence-corrected chi connectivity index (χ1v) is 10.1. The van der Waals surface area contributed by atoms with Crippen molar-refractivity contribution in [2.75, 3.05) is 7.11 Å². The number of aromatic nitrogens is 2. The highest BCUT2D eigenvalue weighted by molar-refractivity contribution is 7.89. The van der Waals surface area contributed by atoms with Crippen LogP contribution in [0.3, 0.4) is 0 Å². The number of hydrogen-bond donors (Lipinski definition) is 1. The molecule has 0 spiro atoms. The number of rotatable bonds is 6. The SMILES string of the molecule is CCCCn1c(-c2ccc(C(=O)OC)cc2)nc2cc(S(N)(=O)=O)ccc21. The van der Waals surface area contributed by atoms with Crippen LogP contribution in [0.25, 0.3) is 22.4 Å². The van der Waals surface area contributed by atoms with Crippen LogP contribution in [0, 0.1) is 0 Å². The fraction of sp³-hybridized carbons (Fsp3) is 0.263. The number of carbonyl (C=O) groups excluding carboxylic acids is 1. The highest BCUT2D eigenvalue weighted by Crippen LogP contribution is 2.27. The summed E-state index contributed by atoms with van der Waals surface area (Å²) in [6, 6.07) is 11.7. The third-order valence-corrected chi connectivity index (χ3v) is 5.26. The first kappa shape index (κ1) is 19.1. The number of nitrogens with two attached hydrogens (primary N) is 1. The number of methoxy groups -OCH3 is 1. The molecule has 0 unspecified atom stereocenters. The third kappa shape index (κ3) is 3.86. The second-order valence-corrected chi connectivity index (χ2v) is 7.77. The minimum atomic E-state index is -3.80. The van der Waals surface area contributed by atoms with E-state index in [2.05, 4.69) is 16.5 Å². The molecule has 0 saturated heterocycles. The van der Waals surface area contributed by atoms with E-state index < -0.39 is 16.0 Å². The summed E-state index contributed by atoms with van der Waals surface area (Å²) < 4.78 is 30.1. The Hall–Kier alpha value is -2.71. The monoisotopic (exact) mass is 387 g/mol. The van der Waals surface area contributed by atoms with Crippen LogP contribution in [0.2, 0.25) is 0 Å². The van der Waals surface area contributed by atoms with Crippen molar-refractivity contribution in [3.05, 3.63) is 48.0 Å². The van der Waals surface area contributed by atoms with Crippen molar-refractivity contribution in [3.63, 3.8) is 0 Å². The van der Waals surface area contributed by atoms with E-state index in [9.17, 15) is 13.2 Å². The largest absolute Gasteiger partial charge is 0.465 e. The number of carbonyl (C=O) groups is 1. The molecular formula is C19H21N3O4S. The molecule has 0 atom stereocenters. The Morgan fingerprint density at radius 3 is 2.48 bits per heavy atom. The van der Waals surface area contributed by atoms with E-state index in [1.165, 1.54) is 19.2 Å². The minimum absolute atomic E-state index is 0.0303. The fourth-order valence-electron chi connectivity index (χ4n) is 2.92. The van der Waals surface area contributed by atoms with Crippen molar-refractivity contribution in [2.45, 2.75) is 31.2 Å². The standard InChI is InChI=1S/C19H21N3O4S/c1-3-4-11-22-17-10-9-15(27(20,24)25)12-16(17)21-18(22)13-5-7-14(8-6-13)19(23)26-2/h5-10,12H,3-4,11H2,1-2H3,(H2,20,24,25). The summed E-state index contributed by atoms with van der Waals surface area (Å²) in [5.41, 5.74) is 2.67.